The summed E-state index contributed by atoms with van der Waals surface area (Å²) in [5.41, 5.74) is 6.27. The van der Waals surface area contributed by atoms with Crippen LogP contribution in [0.3, 0.4) is 0 Å². The monoisotopic (exact) mass is 213 g/mol. The molecule has 1 aromatic carbocycles. The van der Waals surface area contributed by atoms with E-state index in [1.165, 1.54) is 12.1 Å². The molecule has 14 heavy (non-hydrogen) atoms. The Hall–Kier alpha value is -1.62. The number of nitro groups is 1. The molecule has 1 aromatic rings. The van der Waals surface area contributed by atoms with E-state index in [0.717, 1.165) is 5.56 Å². The van der Waals surface area contributed by atoms with Gasteiger partial charge in [0.2, 0.25) is 0 Å². The second-order valence-corrected chi connectivity index (χ2v) is 2.85. The van der Waals surface area contributed by atoms with E-state index in [1.54, 1.807) is 12.1 Å². The lowest BCUT2D eigenvalue weighted by molar-refractivity contribution is -0.384. The van der Waals surface area contributed by atoms with Crippen molar-refractivity contribution in [2.75, 3.05) is 0 Å². The maximum Gasteiger partial charge on any atom is 0.269 e. The molecule has 0 saturated heterocycles. The Bertz CT molecular complexity index is 361. The molecule has 0 aliphatic rings. The Morgan fingerprint density at radius 1 is 1.50 bits per heavy atom. The van der Waals surface area contributed by atoms with Crippen molar-refractivity contribution in [2.45, 2.75) is 6.42 Å². The number of halogens is 1. The first kappa shape index (κ1) is 10.5. The van der Waals surface area contributed by atoms with Crippen LogP contribution >= 0.6 is 11.8 Å². The van der Waals surface area contributed by atoms with Crippen LogP contribution in [0.2, 0.25) is 0 Å². The molecule has 6 heteroatoms. The zero-order valence-corrected chi connectivity index (χ0v) is 7.94. The molecule has 0 saturated carbocycles. The quantitative estimate of drug-likeness (QED) is 0.359. The Morgan fingerprint density at radius 2 is 2.07 bits per heavy atom. The molecule has 5 nitrogen and oxygen atoms in total. The minimum atomic E-state index is -0.456. The summed E-state index contributed by atoms with van der Waals surface area (Å²) in [7, 11) is 0. The number of nitrogens with two attached hydrogens (primary N) is 1. The molecule has 0 aromatic heterocycles. The van der Waals surface area contributed by atoms with Crippen LogP contribution in [0.5, 0.6) is 0 Å². The summed E-state index contributed by atoms with van der Waals surface area (Å²) in [5, 5.41) is 10.3. The zero-order chi connectivity index (χ0) is 10.6. The maximum atomic E-state index is 10.3. The number of rotatable bonds is 3. The van der Waals surface area contributed by atoms with Crippen molar-refractivity contribution in [3.8, 4) is 0 Å². The fourth-order valence-corrected chi connectivity index (χ4v) is 1.03. The molecule has 0 unspecified atom stereocenters. The van der Waals surface area contributed by atoms with E-state index in [1.807, 2.05) is 0 Å². The van der Waals surface area contributed by atoms with E-state index in [2.05, 4.69) is 4.51 Å². The van der Waals surface area contributed by atoms with Gasteiger partial charge >= 0.3 is 0 Å². The van der Waals surface area contributed by atoms with Crippen molar-refractivity contribution in [2.24, 2.45) is 10.2 Å². The number of hydrogen-bond acceptors (Lipinski definition) is 3. The van der Waals surface area contributed by atoms with Gasteiger partial charge in [0.1, 0.15) is 5.84 Å². The van der Waals surface area contributed by atoms with Gasteiger partial charge in [0.05, 0.1) is 4.92 Å². The summed E-state index contributed by atoms with van der Waals surface area (Å²) < 4.78 is 3.27. The van der Waals surface area contributed by atoms with E-state index < -0.39 is 4.92 Å². The van der Waals surface area contributed by atoms with Crippen LogP contribution in [-0.2, 0) is 6.42 Å². The first-order valence-corrected chi connectivity index (χ1v) is 4.14. The average molecular weight is 214 g/mol. The summed E-state index contributed by atoms with van der Waals surface area (Å²) in [6.45, 7) is 0. The minimum absolute atomic E-state index is 0.0510. The highest BCUT2D eigenvalue weighted by Gasteiger charge is 2.04. The Labute approximate surface area is 85.5 Å². The average Bonchev–Trinajstić information content (AvgIpc) is 2.18. The van der Waals surface area contributed by atoms with E-state index in [-0.39, 0.29) is 11.5 Å². The second-order valence-electron chi connectivity index (χ2n) is 2.68. The molecule has 0 amide bonds. The Kier molecular flexibility index (Phi) is 3.41. The number of nitrogens with zero attached hydrogens (tertiary/aromatic N) is 2. The predicted molar refractivity (Wildman–Crippen MR) is 54.3 cm³/mol. The van der Waals surface area contributed by atoms with Gasteiger partial charge in [-0.25, -0.2) is 0 Å². The molecule has 0 aliphatic heterocycles. The molecule has 0 atom stereocenters. The summed E-state index contributed by atoms with van der Waals surface area (Å²) >= 11 is 5.14. The lowest BCUT2D eigenvalue weighted by Crippen LogP contribution is -2.13. The molecule has 2 N–H and O–H groups in total. The van der Waals surface area contributed by atoms with Crippen molar-refractivity contribution < 1.29 is 4.92 Å². The molecule has 0 bridgehead atoms. The third-order valence-corrected chi connectivity index (χ3v) is 1.86. The lowest BCUT2D eigenvalue weighted by atomic mass is 10.1. The topological polar surface area (TPSA) is 81.5 Å². The first-order chi connectivity index (χ1) is 6.63. The molecule has 0 fully saturated rings. The van der Waals surface area contributed by atoms with Gasteiger partial charge in [0, 0.05) is 30.3 Å². The molecule has 0 aliphatic carbocycles. The van der Waals surface area contributed by atoms with Gasteiger partial charge in [-0.3, -0.25) is 10.1 Å². The highest BCUT2D eigenvalue weighted by Crippen LogP contribution is 2.12. The van der Waals surface area contributed by atoms with Gasteiger partial charge < -0.3 is 5.73 Å². The van der Waals surface area contributed by atoms with Crippen LogP contribution < -0.4 is 5.73 Å². The van der Waals surface area contributed by atoms with Gasteiger partial charge in [-0.05, 0) is 5.56 Å². The molecular formula is C8H8ClN3O2. The largest absolute Gasteiger partial charge is 0.386 e. The predicted octanol–water partition coefficient (Wildman–Crippen LogP) is 1.65. The van der Waals surface area contributed by atoms with Crippen LogP contribution in [-0.4, -0.2) is 10.8 Å². The first-order valence-electron chi connectivity index (χ1n) is 3.80. The summed E-state index contributed by atoms with van der Waals surface area (Å²) in [5.74, 6) is 0.278. The van der Waals surface area contributed by atoms with E-state index >= 15 is 0 Å². The van der Waals surface area contributed by atoms with E-state index in [4.69, 9.17) is 17.5 Å². The zero-order valence-electron chi connectivity index (χ0n) is 7.18. The van der Waals surface area contributed by atoms with Gasteiger partial charge in [0.15, 0.2) is 0 Å². The molecule has 0 spiro atoms. The SMILES string of the molecule is N/C(Cc1ccc([N+](=O)[O-])cc1)=N\Cl. The van der Waals surface area contributed by atoms with Crippen molar-refractivity contribution in [3.05, 3.63) is 39.9 Å². The minimum Gasteiger partial charge on any atom is -0.386 e. The summed E-state index contributed by atoms with van der Waals surface area (Å²) in [6, 6.07) is 6.06. The van der Waals surface area contributed by atoms with Crippen LogP contribution in [0, 0.1) is 10.1 Å². The second kappa shape index (κ2) is 4.57. The van der Waals surface area contributed by atoms with Crippen LogP contribution in [0.15, 0.2) is 28.8 Å². The van der Waals surface area contributed by atoms with Gasteiger partial charge in [0.25, 0.3) is 5.69 Å². The molecule has 0 heterocycles. The summed E-state index contributed by atoms with van der Waals surface area (Å²) in [6.07, 6.45) is 0.390. The smallest absolute Gasteiger partial charge is 0.269 e. The van der Waals surface area contributed by atoms with Crippen molar-refractivity contribution >= 4 is 23.3 Å². The van der Waals surface area contributed by atoms with Crippen molar-refractivity contribution in [1.82, 2.24) is 0 Å². The maximum absolute atomic E-state index is 10.3. The Morgan fingerprint density at radius 3 is 2.50 bits per heavy atom. The number of nitro benzene ring substituents is 1. The lowest BCUT2D eigenvalue weighted by Gasteiger charge is -1.98. The highest BCUT2D eigenvalue weighted by molar-refractivity contribution is 6.19. The third kappa shape index (κ3) is 2.70. The number of non-ortho nitro benzene ring substituents is 1. The fraction of sp³-hybridized carbons (Fsp3) is 0.125. The molecule has 74 valence electrons. The highest BCUT2D eigenvalue weighted by atomic mass is 35.5. The molecule has 1 rings (SSSR count). The molecular weight excluding hydrogens is 206 g/mol. The van der Waals surface area contributed by atoms with Gasteiger partial charge in [-0.1, -0.05) is 12.1 Å². The normalized spacial score (nSPS) is 11.4. The number of hydrogen-bond donors (Lipinski definition) is 1. The van der Waals surface area contributed by atoms with Gasteiger partial charge in [-0.15, -0.1) is 0 Å². The van der Waals surface area contributed by atoms with Crippen LogP contribution in [0.4, 0.5) is 5.69 Å². The molecule has 0 radical (unpaired) electrons. The van der Waals surface area contributed by atoms with Crippen molar-refractivity contribution in [3.63, 3.8) is 0 Å². The van der Waals surface area contributed by atoms with E-state index in [9.17, 15) is 10.1 Å². The van der Waals surface area contributed by atoms with E-state index in [0.29, 0.717) is 6.42 Å². The number of benzene rings is 1. The van der Waals surface area contributed by atoms with Crippen molar-refractivity contribution in [1.29, 1.82) is 0 Å². The third-order valence-electron chi connectivity index (χ3n) is 1.64. The fourth-order valence-electron chi connectivity index (χ4n) is 0.975. The van der Waals surface area contributed by atoms with Crippen LogP contribution in [0.1, 0.15) is 5.56 Å². The van der Waals surface area contributed by atoms with Gasteiger partial charge in [-0.2, -0.15) is 4.51 Å². The Balaban J connectivity index is 2.79. The van der Waals surface area contributed by atoms with Crippen LogP contribution in [0.25, 0.3) is 0 Å². The number of amidine groups is 1. The summed E-state index contributed by atoms with van der Waals surface area (Å²) in [4.78, 5) is 9.87. The standard InChI is InChI=1S/C8H8ClN3O2/c9-11-8(10)5-6-1-3-7(4-2-6)12(13)14/h1-4H,5H2,(H2,10,11).